The van der Waals surface area contributed by atoms with Gasteiger partial charge in [-0.05, 0) is 18.2 Å². The molecule has 0 amide bonds. The summed E-state index contributed by atoms with van der Waals surface area (Å²) in [5.74, 6) is 0.791. The topological polar surface area (TPSA) is 36.7 Å². The molecule has 0 unspecified atom stereocenters. The summed E-state index contributed by atoms with van der Waals surface area (Å²) < 4.78 is 0. The fourth-order valence-electron chi connectivity index (χ4n) is 0.928. The number of halogens is 1. The highest BCUT2D eigenvalue weighted by atomic mass is 35.5. The number of hydrogen-bond acceptors (Lipinski definition) is 3. The molecule has 1 rings (SSSR count). The van der Waals surface area contributed by atoms with Gasteiger partial charge in [-0.25, -0.2) is 4.98 Å². The number of nitrogens with zero attached hydrogens (tertiary/aromatic N) is 2. The molecule has 2 nitrogen and oxygen atoms in total. The molecule has 14 heavy (non-hydrogen) atoms. The minimum atomic E-state index is 0.416. The molecule has 0 radical (unpaired) electrons. The van der Waals surface area contributed by atoms with Gasteiger partial charge in [0.1, 0.15) is 11.2 Å². The molecule has 0 aromatic carbocycles. The maximum absolute atomic E-state index is 8.66. The van der Waals surface area contributed by atoms with Gasteiger partial charge in [0.25, 0.3) is 0 Å². The third kappa shape index (κ3) is 3.06. The van der Waals surface area contributed by atoms with Crippen LogP contribution in [0.15, 0.2) is 18.3 Å². The van der Waals surface area contributed by atoms with Gasteiger partial charge in [0, 0.05) is 11.8 Å². The van der Waals surface area contributed by atoms with Crippen molar-refractivity contribution in [1.29, 1.82) is 5.26 Å². The summed E-state index contributed by atoms with van der Waals surface area (Å²) in [6, 6.07) is 3.73. The van der Waals surface area contributed by atoms with E-state index in [1.165, 1.54) is 6.20 Å². The molecule has 0 N–H and O–H groups in total. The van der Waals surface area contributed by atoms with E-state index in [1.54, 1.807) is 6.07 Å². The molecule has 0 atom stereocenters. The summed E-state index contributed by atoms with van der Waals surface area (Å²) in [6.45, 7) is 0. The van der Waals surface area contributed by atoms with E-state index in [0.717, 1.165) is 17.7 Å². The van der Waals surface area contributed by atoms with Crippen LogP contribution < -0.4 is 0 Å². The maximum Gasteiger partial charge on any atom is 0.136 e. The number of pyridine rings is 1. The highest BCUT2D eigenvalue weighted by molar-refractivity contribution is 7.80. The van der Waals surface area contributed by atoms with Crippen molar-refractivity contribution in [3.05, 3.63) is 34.6 Å². The molecular formula is C10H9ClN2S. The van der Waals surface area contributed by atoms with Gasteiger partial charge in [0.2, 0.25) is 0 Å². The number of nitriles is 1. The first kappa shape index (κ1) is 11.1. The van der Waals surface area contributed by atoms with Crippen molar-refractivity contribution in [3.8, 4) is 6.07 Å². The summed E-state index contributed by atoms with van der Waals surface area (Å²) in [4.78, 5) is 3.90. The normalized spacial score (nSPS) is 10.4. The fourth-order valence-corrected chi connectivity index (χ4v) is 1.24. The summed E-state index contributed by atoms with van der Waals surface area (Å²) in [6.07, 6.45) is 6.14. The van der Waals surface area contributed by atoms with Crippen LogP contribution in [-0.2, 0) is 0 Å². The molecule has 0 saturated heterocycles. The standard InChI is InChI=1S/C10H9ClN2S/c11-10-9(3-1-2-4-14)5-8(6-12)7-13-10/h1,3,5,7,14H,2,4H2. The number of allylic oxidation sites excluding steroid dienone is 1. The third-order valence-electron chi connectivity index (χ3n) is 1.59. The minimum Gasteiger partial charge on any atom is -0.243 e. The van der Waals surface area contributed by atoms with Crippen molar-refractivity contribution in [1.82, 2.24) is 4.98 Å². The molecule has 0 saturated carbocycles. The van der Waals surface area contributed by atoms with Crippen LogP contribution in [0.3, 0.4) is 0 Å². The van der Waals surface area contributed by atoms with Gasteiger partial charge < -0.3 is 0 Å². The lowest BCUT2D eigenvalue weighted by Gasteiger charge is -1.97. The van der Waals surface area contributed by atoms with Crippen LogP contribution in [0.2, 0.25) is 5.15 Å². The van der Waals surface area contributed by atoms with E-state index < -0.39 is 0 Å². The SMILES string of the molecule is N#Cc1cnc(Cl)c(C=CCCS)c1. The minimum absolute atomic E-state index is 0.416. The summed E-state index contributed by atoms with van der Waals surface area (Å²) >= 11 is 9.92. The molecule has 1 aromatic heterocycles. The number of thiol groups is 1. The Kier molecular flexibility index (Phi) is 4.51. The predicted molar refractivity (Wildman–Crippen MR) is 61.5 cm³/mol. The number of hydrogen-bond donors (Lipinski definition) is 1. The molecule has 4 heteroatoms. The molecular weight excluding hydrogens is 216 g/mol. The third-order valence-corrected chi connectivity index (χ3v) is 2.16. The Morgan fingerprint density at radius 1 is 1.64 bits per heavy atom. The lowest BCUT2D eigenvalue weighted by atomic mass is 10.2. The average Bonchev–Trinajstić information content (AvgIpc) is 2.21. The van der Waals surface area contributed by atoms with Crippen LogP contribution in [0.1, 0.15) is 17.5 Å². The van der Waals surface area contributed by atoms with Gasteiger partial charge in [-0.1, -0.05) is 23.8 Å². The molecule has 0 aliphatic rings. The molecule has 72 valence electrons. The quantitative estimate of drug-likeness (QED) is 0.633. The van der Waals surface area contributed by atoms with Gasteiger partial charge in [-0.2, -0.15) is 17.9 Å². The molecule has 0 spiro atoms. The Balaban J connectivity index is 2.90. The first-order valence-electron chi connectivity index (χ1n) is 4.11. The molecule has 0 aliphatic heterocycles. The second kappa shape index (κ2) is 5.69. The van der Waals surface area contributed by atoms with E-state index in [1.807, 2.05) is 18.2 Å². The average molecular weight is 225 g/mol. The smallest absolute Gasteiger partial charge is 0.136 e. The highest BCUT2D eigenvalue weighted by Crippen LogP contribution is 2.15. The van der Waals surface area contributed by atoms with Gasteiger partial charge in [0.05, 0.1) is 5.56 Å². The van der Waals surface area contributed by atoms with E-state index in [-0.39, 0.29) is 0 Å². The van der Waals surface area contributed by atoms with Crippen molar-refractivity contribution in [2.45, 2.75) is 6.42 Å². The first-order chi connectivity index (χ1) is 6.77. The molecule has 1 aromatic rings. The first-order valence-corrected chi connectivity index (χ1v) is 5.12. The largest absolute Gasteiger partial charge is 0.243 e. The van der Waals surface area contributed by atoms with E-state index in [0.29, 0.717) is 10.7 Å². The Bertz CT molecular complexity index is 382. The number of aromatic nitrogens is 1. The van der Waals surface area contributed by atoms with Gasteiger partial charge in [-0.15, -0.1) is 0 Å². The maximum atomic E-state index is 8.66. The molecule has 0 aliphatic carbocycles. The zero-order valence-electron chi connectivity index (χ0n) is 7.44. The highest BCUT2D eigenvalue weighted by Gasteiger charge is 1.99. The Labute approximate surface area is 93.6 Å². The predicted octanol–water partition coefficient (Wildman–Crippen LogP) is 2.94. The summed E-state index contributed by atoms with van der Waals surface area (Å²) in [5, 5.41) is 9.07. The van der Waals surface area contributed by atoms with Crippen molar-refractivity contribution < 1.29 is 0 Å². The van der Waals surface area contributed by atoms with Gasteiger partial charge in [0.15, 0.2) is 0 Å². The van der Waals surface area contributed by atoms with Crippen LogP contribution in [-0.4, -0.2) is 10.7 Å². The van der Waals surface area contributed by atoms with Crippen LogP contribution in [0.4, 0.5) is 0 Å². The van der Waals surface area contributed by atoms with E-state index in [4.69, 9.17) is 16.9 Å². The van der Waals surface area contributed by atoms with Crippen LogP contribution >= 0.6 is 24.2 Å². The zero-order valence-corrected chi connectivity index (χ0v) is 9.09. The Hall–Kier alpha value is -0.980. The van der Waals surface area contributed by atoms with Crippen LogP contribution in [0.5, 0.6) is 0 Å². The second-order valence-corrected chi connectivity index (χ2v) is 3.44. The molecule has 0 bridgehead atoms. The van der Waals surface area contributed by atoms with E-state index in [9.17, 15) is 0 Å². The van der Waals surface area contributed by atoms with Crippen molar-refractivity contribution in [2.24, 2.45) is 0 Å². The fraction of sp³-hybridized carbons (Fsp3) is 0.200. The Morgan fingerprint density at radius 2 is 2.43 bits per heavy atom. The summed E-state index contributed by atoms with van der Waals surface area (Å²) in [7, 11) is 0. The monoisotopic (exact) mass is 224 g/mol. The Morgan fingerprint density at radius 3 is 3.07 bits per heavy atom. The molecule has 1 heterocycles. The van der Waals surface area contributed by atoms with Crippen molar-refractivity contribution in [2.75, 3.05) is 5.75 Å². The van der Waals surface area contributed by atoms with Crippen LogP contribution in [0.25, 0.3) is 6.08 Å². The number of rotatable bonds is 3. The van der Waals surface area contributed by atoms with Crippen LogP contribution in [0, 0.1) is 11.3 Å². The molecule has 0 fully saturated rings. The lowest BCUT2D eigenvalue weighted by Crippen LogP contribution is -1.84. The second-order valence-electron chi connectivity index (χ2n) is 2.63. The van der Waals surface area contributed by atoms with Crippen molar-refractivity contribution >= 4 is 30.3 Å². The van der Waals surface area contributed by atoms with Crippen molar-refractivity contribution in [3.63, 3.8) is 0 Å². The van der Waals surface area contributed by atoms with Gasteiger partial charge >= 0.3 is 0 Å². The lowest BCUT2D eigenvalue weighted by molar-refractivity contribution is 1.25. The van der Waals surface area contributed by atoms with E-state index in [2.05, 4.69) is 17.6 Å². The summed E-state index contributed by atoms with van der Waals surface area (Å²) in [5.41, 5.74) is 1.28. The zero-order chi connectivity index (χ0) is 10.4. The van der Waals surface area contributed by atoms with Gasteiger partial charge in [-0.3, -0.25) is 0 Å². The van der Waals surface area contributed by atoms with E-state index >= 15 is 0 Å².